The van der Waals surface area contributed by atoms with Gasteiger partial charge >= 0.3 is 0 Å². The standard InChI is InChI=1S/C15H17FN2/c1-10-4-5-13(9-18-10)14-8-12(11(2)17-3)6-7-15(14)16/h4-9,11,17H,1-3H3. The molecule has 1 unspecified atom stereocenters. The molecule has 1 aromatic heterocycles. The Morgan fingerprint density at radius 3 is 2.61 bits per heavy atom. The topological polar surface area (TPSA) is 24.9 Å². The van der Waals surface area contributed by atoms with Crippen molar-refractivity contribution in [2.24, 2.45) is 0 Å². The highest BCUT2D eigenvalue weighted by Gasteiger charge is 2.09. The number of hydrogen-bond acceptors (Lipinski definition) is 2. The van der Waals surface area contributed by atoms with Gasteiger partial charge in [-0.2, -0.15) is 0 Å². The Morgan fingerprint density at radius 1 is 1.22 bits per heavy atom. The number of nitrogens with zero attached hydrogens (tertiary/aromatic N) is 1. The van der Waals surface area contributed by atoms with Gasteiger partial charge in [0.05, 0.1) is 0 Å². The van der Waals surface area contributed by atoms with Crippen LogP contribution in [0.4, 0.5) is 4.39 Å². The van der Waals surface area contributed by atoms with E-state index in [-0.39, 0.29) is 11.9 Å². The molecular formula is C15H17FN2. The summed E-state index contributed by atoms with van der Waals surface area (Å²) < 4.78 is 13.9. The van der Waals surface area contributed by atoms with E-state index in [9.17, 15) is 4.39 Å². The van der Waals surface area contributed by atoms with E-state index in [4.69, 9.17) is 0 Å². The van der Waals surface area contributed by atoms with E-state index in [0.29, 0.717) is 5.56 Å². The van der Waals surface area contributed by atoms with E-state index < -0.39 is 0 Å². The largest absolute Gasteiger partial charge is 0.313 e. The Bertz CT molecular complexity index is 535. The van der Waals surface area contributed by atoms with E-state index >= 15 is 0 Å². The molecule has 2 rings (SSSR count). The van der Waals surface area contributed by atoms with Crippen LogP contribution < -0.4 is 5.32 Å². The van der Waals surface area contributed by atoms with Gasteiger partial charge in [-0.05, 0) is 44.7 Å². The zero-order chi connectivity index (χ0) is 13.1. The summed E-state index contributed by atoms with van der Waals surface area (Å²) in [6, 6.07) is 9.18. The van der Waals surface area contributed by atoms with Crippen LogP contribution in [-0.4, -0.2) is 12.0 Å². The van der Waals surface area contributed by atoms with Gasteiger partial charge in [-0.25, -0.2) is 4.39 Å². The molecule has 0 aliphatic carbocycles. The Balaban J connectivity index is 2.46. The van der Waals surface area contributed by atoms with Gasteiger partial charge in [-0.1, -0.05) is 12.1 Å². The highest BCUT2D eigenvalue weighted by molar-refractivity contribution is 5.64. The second-order valence-corrected chi connectivity index (χ2v) is 4.44. The molecule has 0 aliphatic rings. The van der Waals surface area contributed by atoms with E-state index in [0.717, 1.165) is 16.8 Å². The van der Waals surface area contributed by atoms with Crippen LogP contribution >= 0.6 is 0 Å². The first-order valence-corrected chi connectivity index (χ1v) is 6.01. The number of pyridine rings is 1. The maximum Gasteiger partial charge on any atom is 0.131 e. The molecule has 3 heteroatoms. The minimum absolute atomic E-state index is 0.197. The first-order chi connectivity index (χ1) is 8.61. The van der Waals surface area contributed by atoms with Crippen LogP contribution in [0.1, 0.15) is 24.2 Å². The maximum absolute atomic E-state index is 13.9. The third-order valence-electron chi connectivity index (χ3n) is 3.15. The van der Waals surface area contributed by atoms with Crippen LogP contribution in [0.2, 0.25) is 0 Å². The van der Waals surface area contributed by atoms with Crippen LogP contribution in [0.25, 0.3) is 11.1 Å². The molecule has 0 saturated carbocycles. The van der Waals surface area contributed by atoms with Gasteiger partial charge in [0.25, 0.3) is 0 Å². The van der Waals surface area contributed by atoms with Crippen molar-refractivity contribution in [1.29, 1.82) is 0 Å². The normalized spacial score (nSPS) is 12.4. The highest BCUT2D eigenvalue weighted by Crippen LogP contribution is 2.25. The summed E-state index contributed by atoms with van der Waals surface area (Å²) in [6.07, 6.45) is 1.71. The number of halogens is 1. The fourth-order valence-electron chi connectivity index (χ4n) is 1.83. The lowest BCUT2D eigenvalue weighted by atomic mass is 10.0. The highest BCUT2D eigenvalue weighted by atomic mass is 19.1. The van der Waals surface area contributed by atoms with Crippen LogP contribution in [0.3, 0.4) is 0 Å². The van der Waals surface area contributed by atoms with Crippen molar-refractivity contribution in [2.75, 3.05) is 7.05 Å². The zero-order valence-corrected chi connectivity index (χ0v) is 10.9. The molecule has 1 N–H and O–H groups in total. The average molecular weight is 244 g/mol. The molecule has 0 amide bonds. The van der Waals surface area contributed by atoms with Crippen molar-refractivity contribution >= 4 is 0 Å². The lowest BCUT2D eigenvalue weighted by molar-refractivity contribution is 0.622. The molecule has 1 heterocycles. The molecule has 1 atom stereocenters. The molecule has 2 nitrogen and oxygen atoms in total. The summed E-state index contributed by atoms with van der Waals surface area (Å²) in [5.41, 5.74) is 3.40. The SMILES string of the molecule is CNC(C)c1ccc(F)c(-c2ccc(C)nc2)c1. The van der Waals surface area contributed by atoms with Crippen LogP contribution in [0.15, 0.2) is 36.5 Å². The van der Waals surface area contributed by atoms with Gasteiger partial charge in [0.15, 0.2) is 0 Å². The predicted octanol–water partition coefficient (Wildman–Crippen LogP) is 3.48. The number of hydrogen-bond donors (Lipinski definition) is 1. The van der Waals surface area contributed by atoms with Crippen molar-refractivity contribution in [3.8, 4) is 11.1 Å². The van der Waals surface area contributed by atoms with E-state index in [1.54, 1.807) is 6.20 Å². The van der Waals surface area contributed by atoms with Gasteiger partial charge in [0.2, 0.25) is 0 Å². The predicted molar refractivity (Wildman–Crippen MR) is 71.8 cm³/mol. The average Bonchev–Trinajstić information content (AvgIpc) is 2.39. The van der Waals surface area contributed by atoms with Crippen molar-refractivity contribution in [1.82, 2.24) is 10.3 Å². The molecule has 0 saturated heterocycles. The molecule has 0 fully saturated rings. The first-order valence-electron chi connectivity index (χ1n) is 6.01. The number of aryl methyl sites for hydroxylation is 1. The zero-order valence-electron chi connectivity index (χ0n) is 10.9. The minimum atomic E-state index is -0.215. The second kappa shape index (κ2) is 5.27. The Morgan fingerprint density at radius 2 is 2.00 bits per heavy atom. The first kappa shape index (κ1) is 12.7. The summed E-state index contributed by atoms with van der Waals surface area (Å²) in [7, 11) is 1.89. The summed E-state index contributed by atoms with van der Waals surface area (Å²) in [6.45, 7) is 3.96. The monoisotopic (exact) mass is 244 g/mol. The van der Waals surface area contributed by atoms with Crippen LogP contribution in [0, 0.1) is 12.7 Å². The van der Waals surface area contributed by atoms with Crippen molar-refractivity contribution < 1.29 is 4.39 Å². The number of nitrogens with one attached hydrogen (secondary N) is 1. The number of aromatic nitrogens is 1. The van der Waals surface area contributed by atoms with Crippen LogP contribution in [0.5, 0.6) is 0 Å². The molecule has 94 valence electrons. The second-order valence-electron chi connectivity index (χ2n) is 4.44. The molecule has 0 bridgehead atoms. The minimum Gasteiger partial charge on any atom is -0.313 e. The van der Waals surface area contributed by atoms with Gasteiger partial charge < -0.3 is 5.32 Å². The van der Waals surface area contributed by atoms with Crippen molar-refractivity contribution in [3.63, 3.8) is 0 Å². The van der Waals surface area contributed by atoms with Gasteiger partial charge in [0, 0.05) is 29.1 Å². The molecular weight excluding hydrogens is 227 g/mol. The third-order valence-corrected chi connectivity index (χ3v) is 3.15. The van der Waals surface area contributed by atoms with E-state index in [1.165, 1.54) is 6.07 Å². The molecule has 18 heavy (non-hydrogen) atoms. The van der Waals surface area contributed by atoms with Gasteiger partial charge in [-0.15, -0.1) is 0 Å². The Kier molecular flexibility index (Phi) is 3.72. The molecule has 0 aliphatic heterocycles. The number of benzene rings is 1. The smallest absolute Gasteiger partial charge is 0.131 e. The summed E-state index contributed by atoms with van der Waals surface area (Å²) in [5.74, 6) is -0.215. The summed E-state index contributed by atoms with van der Waals surface area (Å²) in [5, 5.41) is 3.15. The molecule has 0 radical (unpaired) electrons. The van der Waals surface area contributed by atoms with Crippen LogP contribution in [-0.2, 0) is 0 Å². The lowest BCUT2D eigenvalue weighted by Crippen LogP contribution is -2.12. The van der Waals surface area contributed by atoms with Gasteiger partial charge in [0.1, 0.15) is 5.82 Å². The third kappa shape index (κ3) is 2.57. The molecule has 2 aromatic rings. The number of rotatable bonds is 3. The fraction of sp³-hybridized carbons (Fsp3) is 0.267. The van der Waals surface area contributed by atoms with Crippen molar-refractivity contribution in [3.05, 3.63) is 53.6 Å². The summed E-state index contributed by atoms with van der Waals surface area (Å²) in [4.78, 5) is 4.21. The van der Waals surface area contributed by atoms with Crippen molar-refractivity contribution in [2.45, 2.75) is 19.9 Å². The maximum atomic E-state index is 13.9. The Labute approximate surface area is 107 Å². The Hall–Kier alpha value is -1.74. The van der Waals surface area contributed by atoms with Gasteiger partial charge in [-0.3, -0.25) is 4.98 Å². The summed E-state index contributed by atoms with van der Waals surface area (Å²) >= 11 is 0. The van der Waals surface area contributed by atoms with E-state index in [2.05, 4.69) is 10.3 Å². The van der Waals surface area contributed by atoms with E-state index in [1.807, 2.05) is 45.2 Å². The molecule has 1 aromatic carbocycles. The fourth-order valence-corrected chi connectivity index (χ4v) is 1.83. The molecule has 0 spiro atoms. The quantitative estimate of drug-likeness (QED) is 0.894. The lowest BCUT2D eigenvalue weighted by Gasteiger charge is -2.13.